The first kappa shape index (κ1) is 14.4. The smallest absolute Gasteiger partial charge is 0.210 e. The Hall–Kier alpha value is 0.380. The van der Waals surface area contributed by atoms with Crippen molar-refractivity contribution in [3.8, 4) is 0 Å². The first-order valence-electron chi connectivity index (χ1n) is 4.58. The third-order valence-corrected chi connectivity index (χ3v) is 6.56. The van der Waals surface area contributed by atoms with E-state index in [0.717, 1.165) is 16.7 Å². The van der Waals surface area contributed by atoms with Crippen LogP contribution in [0.5, 0.6) is 0 Å². The highest BCUT2D eigenvalue weighted by atomic mass is 79.9. The van der Waals surface area contributed by atoms with Crippen LogP contribution >= 0.6 is 38.9 Å². The minimum absolute atomic E-state index is 0.117. The first-order chi connectivity index (χ1) is 7.27. The molecule has 7 heteroatoms. The van der Waals surface area contributed by atoms with Crippen molar-refractivity contribution in [2.24, 2.45) is 5.41 Å². The van der Waals surface area contributed by atoms with E-state index in [1.54, 1.807) is 6.07 Å². The van der Waals surface area contributed by atoms with Crippen LogP contribution in [0.15, 0.2) is 16.3 Å². The molecule has 0 unspecified atom stereocenters. The van der Waals surface area contributed by atoms with Crippen LogP contribution in [0.1, 0.15) is 13.8 Å². The highest BCUT2D eigenvalue weighted by Crippen LogP contribution is 2.26. The summed E-state index contributed by atoms with van der Waals surface area (Å²) in [5.74, 6) is 0. The van der Waals surface area contributed by atoms with E-state index in [0.29, 0.717) is 10.9 Å². The van der Waals surface area contributed by atoms with Gasteiger partial charge >= 0.3 is 0 Å². The Balaban J connectivity index is 2.74. The topological polar surface area (TPSA) is 46.2 Å². The van der Waals surface area contributed by atoms with E-state index >= 15 is 0 Å². The lowest BCUT2D eigenvalue weighted by atomic mass is 9.98. The number of thiophene rings is 1. The molecule has 0 aliphatic carbocycles. The van der Waals surface area contributed by atoms with Gasteiger partial charge in [0, 0.05) is 11.9 Å². The van der Waals surface area contributed by atoms with E-state index in [1.807, 2.05) is 13.8 Å². The summed E-state index contributed by atoms with van der Waals surface area (Å²) in [6.45, 7) is 4.34. The summed E-state index contributed by atoms with van der Waals surface area (Å²) in [5, 5.41) is 0.730. The van der Waals surface area contributed by atoms with Gasteiger partial charge in [-0.1, -0.05) is 41.4 Å². The lowest BCUT2D eigenvalue weighted by molar-refractivity contribution is 0.420. The Labute approximate surface area is 113 Å². The summed E-state index contributed by atoms with van der Waals surface area (Å²) in [4.78, 5) is 0. The first-order valence-corrected chi connectivity index (χ1v) is 8.38. The maximum Gasteiger partial charge on any atom is 0.250 e. The minimum atomic E-state index is -3.42. The van der Waals surface area contributed by atoms with Gasteiger partial charge in [-0.3, -0.25) is 0 Å². The summed E-state index contributed by atoms with van der Waals surface area (Å²) >= 11 is 10.1. The van der Waals surface area contributed by atoms with Crippen LogP contribution in [0.3, 0.4) is 0 Å². The van der Waals surface area contributed by atoms with Crippen LogP contribution in [0.2, 0.25) is 4.34 Å². The van der Waals surface area contributed by atoms with E-state index in [2.05, 4.69) is 20.7 Å². The molecule has 0 saturated heterocycles. The van der Waals surface area contributed by atoms with Gasteiger partial charge in [-0.15, -0.1) is 11.3 Å². The Kier molecular flexibility index (Phi) is 4.83. The predicted octanol–water partition coefficient (Wildman–Crippen LogP) is 3.10. The predicted molar refractivity (Wildman–Crippen MR) is 72.1 cm³/mol. The normalized spacial score (nSPS) is 13.0. The third kappa shape index (κ3) is 4.00. The molecule has 0 radical (unpaired) electrons. The molecule has 1 aromatic heterocycles. The molecule has 0 atom stereocenters. The molecule has 16 heavy (non-hydrogen) atoms. The van der Waals surface area contributed by atoms with E-state index in [9.17, 15) is 8.42 Å². The van der Waals surface area contributed by atoms with Gasteiger partial charge in [0.15, 0.2) is 0 Å². The number of sulfonamides is 1. The van der Waals surface area contributed by atoms with Crippen molar-refractivity contribution >= 4 is 48.9 Å². The molecule has 0 saturated carbocycles. The number of rotatable bonds is 5. The van der Waals surface area contributed by atoms with Gasteiger partial charge in [-0.25, -0.2) is 13.1 Å². The van der Waals surface area contributed by atoms with Crippen LogP contribution in [0.4, 0.5) is 0 Å². The highest BCUT2D eigenvalue weighted by molar-refractivity contribution is 9.09. The third-order valence-electron chi connectivity index (χ3n) is 1.92. The van der Waals surface area contributed by atoms with Crippen molar-refractivity contribution in [1.82, 2.24) is 4.72 Å². The summed E-state index contributed by atoms with van der Waals surface area (Å²) < 4.78 is 27.0. The Morgan fingerprint density at radius 1 is 1.50 bits per heavy atom. The quantitative estimate of drug-likeness (QED) is 0.833. The van der Waals surface area contributed by atoms with Gasteiger partial charge in [0.1, 0.15) is 4.21 Å². The molecule has 0 aliphatic heterocycles. The fourth-order valence-electron chi connectivity index (χ4n) is 0.851. The molecule has 1 heterocycles. The molecule has 92 valence electrons. The Morgan fingerprint density at radius 3 is 2.56 bits per heavy atom. The summed E-state index contributed by atoms with van der Waals surface area (Å²) in [6.07, 6.45) is 0. The lowest BCUT2D eigenvalue weighted by Crippen LogP contribution is -2.34. The minimum Gasteiger partial charge on any atom is -0.210 e. The molecule has 0 spiro atoms. The fraction of sp³-hybridized carbons (Fsp3) is 0.556. The van der Waals surface area contributed by atoms with Crippen molar-refractivity contribution in [1.29, 1.82) is 0 Å². The van der Waals surface area contributed by atoms with Gasteiger partial charge < -0.3 is 0 Å². The Morgan fingerprint density at radius 2 is 2.12 bits per heavy atom. The second-order valence-corrected chi connectivity index (χ2v) is 8.45. The Bertz CT molecular complexity index is 456. The molecule has 0 bridgehead atoms. The number of nitrogens with one attached hydrogen (secondary N) is 1. The van der Waals surface area contributed by atoms with Crippen molar-refractivity contribution in [3.63, 3.8) is 0 Å². The van der Waals surface area contributed by atoms with Crippen LogP contribution in [0, 0.1) is 5.41 Å². The molecule has 1 aromatic rings. The van der Waals surface area contributed by atoms with Crippen molar-refractivity contribution in [2.75, 3.05) is 11.9 Å². The average molecular weight is 347 g/mol. The van der Waals surface area contributed by atoms with Crippen molar-refractivity contribution in [3.05, 3.63) is 16.5 Å². The summed E-state index contributed by atoms with van der Waals surface area (Å²) in [7, 11) is -3.42. The molecule has 3 nitrogen and oxygen atoms in total. The number of hydrogen-bond donors (Lipinski definition) is 1. The van der Waals surface area contributed by atoms with Gasteiger partial charge in [-0.2, -0.15) is 0 Å². The van der Waals surface area contributed by atoms with E-state index in [1.165, 1.54) is 6.07 Å². The molecule has 0 aliphatic rings. The largest absolute Gasteiger partial charge is 0.250 e. The van der Waals surface area contributed by atoms with Crippen LogP contribution < -0.4 is 4.72 Å². The SMILES string of the molecule is CC(C)(CBr)CNS(=O)(=O)c1ccc(Cl)s1. The second-order valence-electron chi connectivity index (χ2n) is 4.18. The zero-order valence-electron chi connectivity index (χ0n) is 8.96. The molecular formula is C9H13BrClNO2S2. The van der Waals surface area contributed by atoms with E-state index in [4.69, 9.17) is 11.6 Å². The van der Waals surface area contributed by atoms with Gasteiger partial charge in [-0.05, 0) is 17.5 Å². The maximum atomic E-state index is 11.8. The summed E-state index contributed by atoms with van der Waals surface area (Å²) in [5.41, 5.74) is -0.117. The van der Waals surface area contributed by atoms with Gasteiger partial charge in [0.2, 0.25) is 10.0 Å². The van der Waals surface area contributed by atoms with Crippen LogP contribution in [-0.2, 0) is 10.0 Å². The van der Waals surface area contributed by atoms with Crippen molar-refractivity contribution < 1.29 is 8.42 Å². The molecule has 1 N–H and O–H groups in total. The van der Waals surface area contributed by atoms with Crippen LogP contribution in [-0.4, -0.2) is 20.3 Å². The molecule has 0 aromatic carbocycles. The maximum absolute atomic E-state index is 11.8. The standard InChI is InChI=1S/C9H13BrClNO2S2/c1-9(2,5-10)6-12-16(13,14)8-4-3-7(11)15-8/h3-4,12H,5-6H2,1-2H3. The zero-order valence-corrected chi connectivity index (χ0v) is 12.9. The average Bonchev–Trinajstić information content (AvgIpc) is 2.63. The molecule has 1 rings (SSSR count). The zero-order chi connectivity index (χ0) is 12.4. The number of halogens is 2. The molecular weight excluding hydrogens is 334 g/mol. The van der Waals surface area contributed by atoms with Gasteiger partial charge in [0.25, 0.3) is 0 Å². The van der Waals surface area contributed by atoms with Gasteiger partial charge in [0.05, 0.1) is 4.34 Å². The number of alkyl halides is 1. The van der Waals surface area contributed by atoms with Crippen molar-refractivity contribution in [2.45, 2.75) is 18.1 Å². The lowest BCUT2D eigenvalue weighted by Gasteiger charge is -2.21. The summed E-state index contributed by atoms with van der Waals surface area (Å²) in [6, 6.07) is 3.09. The molecule has 0 fully saturated rings. The van der Waals surface area contributed by atoms with E-state index < -0.39 is 10.0 Å². The fourth-order valence-corrected chi connectivity index (χ4v) is 3.82. The van der Waals surface area contributed by atoms with E-state index in [-0.39, 0.29) is 9.62 Å². The second kappa shape index (κ2) is 5.35. The highest BCUT2D eigenvalue weighted by Gasteiger charge is 2.22. The number of hydrogen-bond acceptors (Lipinski definition) is 3. The van der Waals surface area contributed by atoms with Crippen LogP contribution in [0.25, 0.3) is 0 Å². The molecule has 0 amide bonds. The monoisotopic (exact) mass is 345 g/mol.